The number of methoxy groups -OCH3 is 1. The molecule has 0 saturated carbocycles. The Morgan fingerprint density at radius 3 is 2.73 bits per heavy atom. The third kappa shape index (κ3) is 1.59. The molecule has 1 unspecified atom stereocenters. The molecule has 0 aromatic carbocycles. The lowest BCUT2D eigenvalue weighted by Crippen LogP contribution is -2.05. The van der Waals surface area contributed by atoms with Crippen molar-refractivity contribution in [3.05, 3.63) is 22.4 Å². The van der Waals surface area contributed by atoms with Gasteiger partial charge in [-0.05, 0) is 24.8 Å². The second-order valence-corrected chi connectivity index (χ2v) is 3.31. The Hall–Kier alpha value is -0.430. The molecule has 0 aromatic rings. The number of rotatable bonds is 1. The third-order valence-corrected chi connectivity index (χ3v) is 2.53. The first-order valence-corrected chi connectivity index (χ1v) is 4.15. The summed E-state index contributed by atoms with van der Waals surface area (Å²) in [5, 5.41) is 0.854. The van der Waals surface area contributed by atoms with E-state index in [4.69, 9.17) is 16.3 Å². The van der Waals surface area contributed by atoms with E-state index in [9.17, 15) is 0 Å². The zero-order valence-electron chi connectivity index (χ0n) is 7.15. The lowest BCUT2D eigenvalue weighted by Gasteiger charge is -2.19. The molecule has 11 heavy (non-hydrogen) atoms. The van der Waals surface area contributed by atoms with Crippen LogP contribution in [0.1, 0.15) is 20.3 Å². The van der Waals surface area contributed by atoms with Gasteiger partial charge < -0.3 is 4.74 Å². The monoisotopic (exact) mass is 172 g/mol. The molecule has 0 spiro atoms. The fourth-order valence-electron chi connectivity index (χ4n) is 1.22. The molecule has 0 aliphatic heterocycles. The molecule has 0 fully saturated rings. The van der Waals surface area contributed by atoms with Gasteiger partial charge in [0.1, 0.15) is 5.76 Å². The van der Waals surface area contributed by atoms with Gasteiger partial charge in [-0.2, -0.15) is 0 Å². The van der Waals surface area contributed by atoms with Crippen LogP contribution in [-0.4, -0.2) is 7.11 Å². The van der Waals surface area contributed by atoms with Crippen molar-refractivity contribution in [2.45, 2.75) is 20.3 Å². The molecule has 1 rings (SSSR count). The molecule has 62 valence electrons. The Morgan fingerprint density at radius 1 is 1.64 bits per heavy atom. The van der Waals surface area contributed by atoms with E-state index < -0.39 is 0 Å². The molecular weight excluding hydrogens is 160 g/mol. The highest BCUT2D eigenvalue weighted by atomic mass is 35.5. The van der Waals surface area contributed by atoms with E-state index in [1.54, 1.807) is 7.11 Å². The average Bonchev–Trinajstić information content (AvgIpc) is 1.99. The van der Waals surface area contributed by atoms with Gasteiger partial charge in [-0.25, -0.2) is 0 Å². The zero-order chi connectivity index (χ0) is 8.43. The first-order chi connectivity index (χ1) is 5.16. The van der Waals surface area contributed by atoms with Gasteiger partial charge in [-0.3, -0.25) is 0 Å². The van der Waals surface area contributed by atoms with Crippen LogP contribution in [0.4, 0.5) is 0 Å². The van der Waals surface area contributed by atoms with Crippen molar-refractivity contribution in [1.82, 2.24) is 0 Å². The molecule has 0 bridgehead atoms. The van der Waals surface area contributed by atoms with E-state index in [0.717, 1.165) is 22.8 Å². The van der Waals surface area contributed by atoms with Gasteiger partial charge in [0, 0.05) is 0 Å². The topological polar surface area (TPSA) is 9.23 Å². The Bertz CT molecular complexity index is 216. The normalized spacial score (nSPS) is 25.1. The van der Waals surface area contributed by atoms with E-state index in [2.05, 4.69) is 13.0 Å². The number of ether oxygens (including phenoxy) is 1. The SMILES string of the molecule is COC1=C(Cl)C(C)CC=C1C. The van der Waals surface area contributed by atoms with Crippen LogP contribution >= 0.6 is 11.6 Å². The van der Waals surface area contributed by atoms with Crippen LogP contribution < -0.4 is 0 Å². The molecule has 0 aromatic heterocycles. The third-order valence-electron chi connectivity index (χ3n) is 1.99. The smallest absolute Gasteiger partial charge is 0.136 e. The number of hydrogen-bond acceptors (Lipinski definition) is 1. The average molecular weight is 173 g/mol. The summed E-state index contributed by atoms with van der Waals surface area (Å²) in [5.74, 6) is 1.26. The van der Waals surface area contributed by atoms with Crippen molar-refractivity contribution in [2.24, 2.45) is 5.92 Å². The van der Waals surface area contributed by atoms with Crippen LogP contribution in [0.5, 0.6) is 0 Å². The first kappa shape index (κ1) is 8.66. The van der Waals surface area contributed by atoms with E-state index in [0.29, 0.717) is 5.92 Å². The van der Waals surface area contributed by atoms with Gasteiger partial charge in [0.05, 0.1) is 12.1 Å². The molecule has 0 amide bonds. The van der Waals surface area contributed by atoms with Crippen LogP contribution in [0.2, 0.25) is 0 Å². The van der Waals surface area contributed by atoms with Gasteiger partial charge in [0.2, 0.25) is 0 Å². The Balaban J connectivity index is 2.95. The van der Waals surface area contributed by atoms with Crippen LogP contribution in [0.25, 0.3) is 0 Å². The summed E-state index contributed by atoms with van der Waals surface area (Å²) in [6.07, 6.45) is 3.19. The van der Waals surface area contributed by atoms with Crippen LogP contribution in [0, 0.1) is 5.92 Å². The summed E-state index contributed by atoms with van der Waals surface area (Å²) in [6, 6.07) is 0. The molecule has 1 aliphatic rings. The van der Waals surface area contributed by atoms with Gasteiger partial charge in [-0.15, -0.1) is 0 Å². The molecule has 1 aliphatic carbocycles. The molecular formula is C9H13ClO. The minimum Gasteiger partial charge on any atom is -0.495 e. The largest absolute Gasteiger partial charge is 0.495 e. The number of halogens is 1. The zero-order valence-corrected chi connectivity index (χ0v) is 7.90. The maximum absolute atomic E-state index is 6.04. The summed E-state index contributed by atoms with van der Waals surface area (Å²) in [4.78, 5) is 0. The minimum atomic E-state index is 0.412. The lowest BCUT2D eigenvalue weighted by atomic mass is 9.97. The molecule has 1 atom stereocenters. The number of allylic oxidation sites excluding steroid dienone is 3. The van der Waals surface area contributed by atoms with Gasteiger partial charge in [0.15, 0.2) is 0 Å². The summed E-state index contributed by atoms with van der Waals surface area (Å²) < 4.78 is 5.17. The Morgan fingerprint density at radius 2 is 2.27 bits per heavy atom. The summed E-state index contributed by atoms with van der Waals surface area (Å²) in [6.45, 7) is 4.12. The standard InChI is InChI=1S/C9H13ClO/c1-6-4-5-7(2)9(11-3)8(6)10/h5-6H,4H2,1-3H3. The molecule has 0 heterocycles. The van der Waals surface area contributed by atoms with Crippen LogP contribution in [0.3, 0.4) is 0 Å². The highest BCUT2D eigenvalue weighted by Gasteiger charge is 2.17. The molecule has 0 saturated heterocycles. The Labute approximate surface area is 72.7 Å². The molecule has 0 radical (unpaired) electrons. The molecule has 0 N–H and O–H groups in total. The maximum atomic E-state index is 6.04. The second-order valence-electron chi connectivity index (χ2n) is 2.91. The molecule has 2 heteroatoms. The quantitative estimate of drug-likeness (QED) is 0.591. The predicted molar refractivity (Wildman–Crippen MR) is 47.4 cm³/mol. The first-order valence-electron chi connectivity index (χ1n) is 3.77. The van der Waals surface area contributed by atoms with Crippen molar-refractivity contribution in [2.75, 3.05) is 7.11 Å². The summed E-state index contributed by atoms with van der Waals surface area (Å²) in [5.41, 5.74) is 1.15. The maximum Gasteiger partial charge on any atom is 0.136 e. The van der Waals surface area contributed by atoms with Gasteiger partial charge >= 0.3 is 0 Å². The summed E-state index contributed by atoms with van der Waals surface area (Å²) in [7, 11) is 1.66. The predicted octanol–water partition coefficient (Wildman–Crippen LogP) is 3.07. The minimum absolute atomic E-state index is 0.412. The van der Waals surface area contributed by atoms with Gasteiger partial charge in [-0.1, -0.05) is 24.6 Å². The fraction of sp³-hybridized carbons (Fsp3) is 0.556. The summed E-state index contributed by atoms with van der Waals surface area (Å²) >= 11 is 6.04. The lowest BCUT2D eigenvalue weighted by molar-refractivity contribution is 0.292. The van der Waals surface area contributed by atoms with Gasteiger partial charge in [0.25, 0.3) is 0 Å². The highest BCUT2D eigenvalue weighted by Crippen LogP contribution is 2.32. The van der Waals surface area contributed by atoms with Crippen molar-refractivity contribution in [3.63, 3.8) is 0 Å². The van der Waals surface area contributed by atoms with E-state index in [-0.39, 0.29) is 0 Å². The molecule has 1 nitrogen and oxygen atoms in total. The van der Waals surface area contributed by atoms with Crippen molar-refractivity contribution >= 4 is 11.6 Å². The van der Waals surface area contributed by atoms with Crippen molar-refractivity contribution in [3.8, 4) is 0 Å². The van der Waals surface area contributed by atoms with Crippen molar-refractivity contribution in [1.29, 1.82) is 0 Å². The van der Waals surface area contributed by atoms with E-state index in [1.807, 2.05) is 6.92 Å². The highest BCUT2D eigenvalue weighted by molar-refractivity contribution is 6.30. The van der Waals surface area contributed by atoms with E-state index >= 15 is 0 Å². The van der Waals surface area contributed by atoms with Crippen LogP contribution in [-0.2, 0) is 4.74 Å². The fourth-order valence-corrected chi connectivity index (χ4v) is 1.54. The van der Waals surface area contributed by atoms with E-state index in [1.165, 1.54) is 0 Å². The van der Waals surface area contributed by atoms with Crippen LogP contribution in [0.15, 0.2) is 22.4 Å². The Kier molecular flexibility index (Phi) is 2.61. The number of hydrogen-bond donors (Lipinski definition) is 0. The second kappa shape index (κ2) is 3.31. The van der Waals surface area contributed by atoms with Crippen molar-refractivity contribution < 1.29 is 4.74 Å².